The standard InChI is InChI=1S/C76H67N5O/c1-73(2,3)47-35-38-77-70(41-47)81-66-31-18-15-27-56(66)57-34-33-51(43-68(57)81)82-50-22-19-21-49(42-50)78-46-79-71-58(28-20-32-67(71)80-64-29-16-13-25-54(64)55-26-14-17-30-65(55)80)60-45-63-62(75(7,8)36-37-76(63,9)10)44-59(60)52-23-11-12-24-53(52)61-39-48(74(4,5)6)40-69(78)72(61)79/h11-35,38-45H,36-37H2,1-10H3. The van der Waals surface area contributed by atoms with Gasteiger partial charge in [0.25, 0.3) is 6.33 Å². The van der Waals surface area contributed by atoms with Crippen molar-refractivity contribution >= 4 is 54.6 Å². The number of ether oxygens (including phenoxy) is 1. The van der Waals surface area contributed by atoms with Gasteiger partial charge in [-0.15, -0.1) is 0 Å². The van der Waals surface area contributed by atoms with Gasteiger partial charge < -0.3 is 9.30 Å². The van der Waals surface area contributed by atoms with Gasteiger partial charge in [0.05, 0.1) is 50.2 Å². The minimum Gasteiger partial charge on any atom is -0.458 e. The first kappa shape index (κ1) is 50.0. The molecule has 0 radical (unpaired) electrons. The fourth-order valence-corrected chi connectivity index (χ4v) is 13.7. The molecule has 6 heteroatoms. The van der Waals surface area contributed by atoms with E-state index in [0.717, 1.165) is 91.3 Å². The molecule has 5 heterocycles. The van der Waals surface area contributed by atoms with Crippen molar-refractivity contribution in [2.24, 2.45) is 0 Å². The van der Waals surface area contributed by atoms with Gasteiger partial charge in [0.1, 0.15) is 17.3 Å². The third-order valence-corrected chi connectivity index (χ3v) is 18.3. The van der Waals surface area contributed by atoms with Gasteiger partial charge in [-0.05, 0) is 169 Å². The maximum atomic E-state index is 7.03. The lowest BCUT2D eigenvalue weighted by Crippen LogP contribution is -2.34. The third-order valence-electron chi connectivity index (χ3n) is 18.3. The monoisotopic (exact) mass is 1070 g/mol. The van der Waals surface area contributed by atoms with Crippen molar-refractivity contribution in [2.75, 3.05) is 0 Å². The summed E-state index contributed by atoms with van der Waals surface area (Å²) in [6.07, 6.45) is 8.34. The fraction of sp³-hybridized carbons (Fsp3) is 0.211. The van der Waals surface area contributed by atoms with E-state index in [1.54, 1.807) is 0 Å². The van der Waals surface area contributed by atoms with E-state index >= 15 is 0 Å². The zero-order valence-corrected chi connectivity index (χ0v) is 48.6. The van der Waals surface area contributed by atoms with Crippen LogP contribution < -0.4 is 9.30 Å². The summed E-state index contributed by atoms with van der Waals surface area (Å²) < 4.78 is 16.5. The molecule has 0 spiro atoms. The lowest BCUT2D eigenvalue weighted by Gasteiger charge is -2.42. The van der Waals surface area contributed by atoms with Gasteiger partial charge in [0.2, 0.25) is 0 Å². The van der Waals surface area contributed by atoms with Crippen molar-refractivity contribution in [3.8, 4) is 67.8 Å². The largest absolute Gasteiger partial charge is 0.458 e. The first-order chi connectivity index (χ1) is 39.4. The maximum Gasteiger partial charge on any atom is 0.269 e. The summed E-state index contributed by atoms with van der Waals surface area (Å²) in [5.74, 6) is 2.35. The summed E-state index contributed by atoms with van der Waals surface area (Å²) in [6.45, 7) is 23.5. The highest BCUT2D eigenvalue weighted by molar-refractivity contribution is 6.11. The summed E-state index contributed by atoms with van der Waals surface area (Å²) >= 11 is 0. The Balaban J connectivity index is 0.998. The Bertz CT molecular complexity index is 4760. The molecule has 0 saturated carbocycles. The van der Waals surface area contributed by atoms with E-state index in [1.807, 2.05) is 6.20 Å². The van der Waals surface area contributed by atoms with Crippen molar-refractivity contribution < 1.29 is 9.30 Å². The number of fused-ring (bicyclic) bond motifs is 14. The molecule has 1 aliphatic heterocycles. The SMILES string of the molecule is CC(C)(C)c1ccnc(-n2c3ccccc3c3ccc(Oc4cccc(-n5[c-][n+]6c7c(cc(C(C)(C)C)cc75)-c5ccccc5-c5cc7c(cc5-c5cccc(-n8c9ccccc9c9ccccc98)c5-6)C(C)(C)CCC7(C)C)c4)cc32)c1. The van der Waals surface area contributed by atoms with Crippen LogP contribution in [0.4, 0.5) is 0 Å². The van der Waals surface area contributed by atoms with Gasteiger partial charge in [-0.1, -0.05) is 178 Å². The van der Waals surface area contributed by atoms with E-state index in [9.17, 15) is 0 Å². The molecule has 6 nitrogen and oxygen atoms in total. The molecule has 0 N–H and O–H groups in total. The molecule has 0 amide bonds. The predicted octanol–water partition coefficient (Wildman–Crippen LogP) is 19.3. The van der Waals surface area contributed by atoms with E-state index in [1.165, 1.54) is 66.2 Å². The average molecular weight is 1070 g/mol. The zero-order valence-electron chi connectivity index (χ0n) is 48.6. The van der Waals surface area contributed by atoms with Crippen LogP contribution in [0.2, 0.25) is 0 Å². The van der Waals surface area contributed by atoms with Gasteiger partial charge in [-0.25, -0.2) is 4.98 Å². The van der Waals surface area contributed by atoms with Crippen molar-refractivity contribution in [3.63, 3.8) is 0 Å². The van der Waals surface area contributed by atoms with Crippen molar-refractivity contribution in [1.82, 2.24) is 18.7 Å². The summed E-state index contributed by atoms with van der Waals surface area (Å²) in [5.41, 5.74) is 22.0. The van der Waals surface area contributed by atoms with Crippen molar-refractivity contribution in [3.05, 3.63) is 229 Å². The van der Waals surface area contributed by atoms with E-state index in [4.69, 9.17) is 9.72 Å². The summed E-state index contributed by atoms with van der Waals surface area (Å²) in [4.78, 5) is 4.96. The number of benzene rings is 9. The topological polar surface area (TPSA) is 40.8 Å². The molecule has 402 valence electrons. The number of rotatable bonds is 5. The quantitative estimate of drug-likeness (QED) is 0.127. The van der Waals surface area contributed by atoms with Crippen LogP contribution in [-0.4, -0.2) is 18.7 Å². The number of para-hydroxylation sites is 4. The summed E-state index contributed by atoms with van der Waals surface area (Å²) in [7, 11) is 0. The molecule has 0 saturated heterocycles. The Morgan fingerprint density at radius 2 is 1.00 bits per heavy atom. The van der Waals surface area contributed by atoms with Crippen molar-refractivity contribution in [1.29, 1.82) is 0 Å². The molecule has 0 unspecified atom stereocenters. The molecule has 1 aliphatic carbocycles. The molecule has 4 aromatic heterocycles. The second kappa shape index (κ2) is 17.7. The third kappa shape index (κ3) is 7.67. The highest BCUT2D eigenvalue weighted by Gasteiger charge is 2.39. The van der Waals surface area contributed by atoms with Crippen LogP contribution in [0.3, 0.4) is 0 Å². The van der Waals surface area contributed by atoms with Gasteiger partial charge in [-0.2, -0.15) is 0 Å². The normalized spacial score (nSPS) is 14.6. The Hall–Kier alpha value is -9.00. The minimum absolute atomic E-state index is 0.00598. The molecular formula is C76H67N5O. The Kier molecular flexibility index (Phi) is 10.8. The van der Waals surface area contributed by atoms with E-state index in [2.05, 4.69) is 288 Å². The molecule has 15 rings (SSSR count). The predicted molar refractivity (Wildman–Crippen MR) is 339 cm³/mol. The molecule has 9 aromatic carbocycles. The van der Waals surface area contributed by atoms with E-state index in [0.29, 0.717) is 0 Å². The molecule has 2 aliphatic rings. The van der Waals surface area contributed by atoms with Gasteiger partial charge >= 0.3 is 0 Å². The molecule has 0 atom stereocenters. The Labute approximate surface area is 480 Å². The van der Waals surface area contributed by atoms with Gasteiger partial charge in [0.15, 0.2) is 0 Å². The number of aromatic nitrogens is 5. The first-order valence-corrected chi connectivity index (χ1v) is 29.2. The second-order valence-electron chi connectivity index (χ2n) is 26.5. The number of hydrogen-bond donors (Lipinski definition) is 0. The van der Waals surface area contributed by atoms with Crippen LogP contribution >= 0.6 is 0 Å². The smallest absolute Gasteiger partial charge is 0.269 e. The summed E-state index contributed by atoms with van der Waals surface area (Å²) in [6, 6.07) is 71.9. The van der Waals surface area contributed by atoms with Crippen LogP contribution in [0, 0.1) is 6.33 Å². The molecular weight excluding hydrogens is 999 g/mol. The van der Waals surface area contributed by atoms with Crippen LogP contribution in [0.25, 0.3) is 111 Å². The Morgan fingerprint density at radius 1 is 0.451 bits per heavy atom. The Morgan fingerprint density at radius 3 is 1.65 bits per heavy atom. The van der Waals surface area contributed by atoms with E-state index in [-0.39, 0.29) is 21.7 Å². The van der Waals surface area contributed by atoms with E-state index < -0.39 is 0 Å². The van der Waals surface area contributed by atoms with Crippen LogP contribution in [0.5, 0.6) is 11.5 Å². The van der Waals surface area contributed by atoms with Gasteiger partial charge in [-0.3, -0.25) is 13.7 Å². The lowest BCUT2D eigenvalue weighted by molar-refractivity contribution is -0.571. The number of hydrogen-bond acceptors (Lipinski definition) is 2. The van der Waals surface area contributed by atoms with Crippen LogP contribution in [0.15, 0.2) is 200 Å². The van der Waals surface area contributed by atoms with Crippen LogP contribution in [-0.2, 0) is 21.7 Å². The second-order valence-corrected chi connectivity index (χ2v) is 26.5. The van der Waals surface area contributed by atoms with Crippen molar-refractivity contribution in [2.45, 2.75) is 104 Å². The molecule has 82 heavy (non-hydrogen) atoms. The summed E-state index contributed by atoms with van der Waals surface area (Å²) in [5, 5.41) is 4.77. The average Bonchev–Trinajstić information content (AvgIpc) is 4.35. The maximum absolute atomic E-state index is 7.03. The van der Waals surface area contributed by atoms with Gasteiger partial charge in [0, 0.05) is 33.8 Å². The molecule has 13 aromatic rings. The number of pyridine rings is 1. The molecule has 0 bridgehead atoms. The lowest BCUT2D eigenvalue weighted by atomic mass is 9.62. The number of imidazole rings is 1. The molecule has 0 fully saturated rings. The fourth-order valence-electron chi connectivity index (χ4n) is 13.7. The number of nitrogens with zero attached hydrogens (tertiary/aromatic N) is 5. The zero-order chi connectivity index (χ0) is 56.2. The highest BCUT2D eigenvalue weighted by atomic mass is 16.5. The highest BCUT2D eigenvalue weighted by Crippen LogP contribution is 2.53. The minimum atomic E-state index is -0.188. The first-order valence-electron chi connectivity index (χ1n) is 29.2. The van der Waals surface area contributed by atoms with Crippen LogP contribution in [0.1, 0.15) is 104 Å².